The van der Waals surface area contributed by atoms with Gasteiger partial charge < -0.3 is 14.8 Å². The van der Waals surface area contributed by atoms with E-state index in [1.54, 1.807) is 36.4 Å². The fraction of sp³-hybridized carbons (Fsp3) is 0.188. The van der Waals surface area contributed by atoms with E-state index in [-0.39, 0.29) is 11.9 Å². The minimum atomic E-state index is -0.389. The third kappa shape index (κ3) is 3.82. The number of hydrogen-bond donors (Lipinski definition) is 1. The summed E-state index contributed by atoms with van der Waals surface area (Å²) in [6.07, 6.45) is 1.45. The summed E-state index contributed by atoms with van der Waals surface area (Å²) in [6, 6.07) is 10.1. The second-order valence-corrected chi connectivity index (χ2v) is 4.46. The number of ether oxygens (including phenoxy) is 2. The highest BCUT2D eigenvalue weighted by Crippen LogP contribution is 2.08. The minimum absolute atomic E-state index is 0.229. The summed E-state index contributed by atoms with van der Waals surface area (Å²) >= 11 is 0. The number of aromatic nitrogens is 1. The molecule has 2 aromatic rings. The molecule has 22 heavy (non-hydrogen) atoms. The van der Waals surface area contributed by atoms with Gasteiger partial charge in [-0.05, 0) is 23.8 Å². The van der Waals surface area contributed by atoms with Crippen LogP contribution in [0, 0.1) is 0 Å². The summed E-state index contributed by atoms with van der Waals surface area (Å²) in [5.41, 5.74) is 1.80. The lowest BCUT2D eigenvalue weighted by Gasteiger charge is -2.06. The van der Waals surface area contributed by atoms with Crippen molar-refractivity contribution in [2.75, 3.05) is 14.2 Å². The molecule has 1 N–H and O–H groups in total. The Morgan fingerprint density at radius 2 is 1.73 bits per heavy atom. The lowest BCUT2D eigenvalue weighted by Crippen LogP contribution is -2.22. The normalized spacial score (nSPS) is 9.91. The van der Waals surface area contributed by atoms with Crippen molar-refractivity contribution in [1.82, 2.24) is 10.3 Å². The lowest BCUT2D eigenvalue weighted by atomic mass is 10.1. The zero-order valence-corrected chi connectivity index (χ0v) is 12.3. The molecule has 0 atom stereocenters. The summed E-state index contributed by atoms with van der Waals surface area (Å²) in [6.45, 7) is 0.353. The first-order chi connectivity index (χ1) is 10.6. The molecule has 0 aliphatic heterocycles. The summed E-state index contributed by atoms with van der Waals surface area (Å²) < 4.78 is 9.56. The van der Waals surface area contributed by atoms with Crippen LogP contribution in [0.25, 0.3) is 0 Å². The van der Waals surface area contributed by atoms with Crippen LogP contribution in [0.2, 0.25) is 0 Å². The average molecular weight is 300 g/mol. The van der Waals surface area contributed by atoms with Gasteiger partial charge in [0, 0.05) is 18.8 Å². The number of benzene rings is 1. The standard InChI is InChI=1S/C16H16N2O4/c1-21-14-8-7-13(10-17-14)15(19)18-9-11-3-5-12(6-4-11)16(20)22-2/h3-8,10H,9H2,1-2H3,(H,18,19). The van der Waals surface area contributed by atoms with Crippen LogP contribution < -0.4 is 10.1 Å². The maximum absolute atomic E-state index is 12.0. The van der Waals surface area contributed by atoms with Crippen LogP contribution in [0.3, 0.4) is 0 Å². The number of hydrogen-bond acceptors (Lipinski definition) is 5. The number of nitrogens with zero attached hydrogens (tertiary/aromatic N) is 1. The van der Waals surface area contributed by atoms with Gasteiger partial charge in [0.15, 0.2) is 0 Å². The molecular formula is C16H16N2O4. The third-order valence-corrected chi connectivity index (χ3v) is 3.04. The van der Waals surface area contributed by atoms with Crippen LogP contribution >= 0.6 is 0 Å². The highest BCUT2D eigenvalue weighted by atomic mass is 16.5. The van der Waals surface area contributed by atoms with Crippen molar-refractivity contribution in [3.63, 3.8) is 0 Å². The number of rotatable bonds is 5. The molecule has 0 fully saturated rings. The highest BCUT2D eigenvalue weighted by Gasteiger charge is 2.07. The van der Waals surface area contributed by atoms with Crippen LogP contribution in [0.4, 0.5) is 0 Å². The van der Waals surface area contributed by atoms with Crippen LogP contribution in [-0.4, -0.2) is 31.1 Å². The molecule has 0 unspecified atom stereocenters. The van der Waals surface area contributed by atoms with E-state index in [0.717, 1.165) is 5.56 Å². The lowest BCUT2D eigenvalue weighted by molar-refractivity contribution is 0.0600. The Balaban J connectivity index is 1.94. The largest absolute Gasteiger partial charge is 0.481 e. The van der Waals surface area contributed by atoms with E-state index in [1.807, 2.05) is 0 Å². The molecule has 0 saturated carbocycles. The first-order valence-electron chi connectivity index (χ1n) is 6.59. The van der Waals surface area contributed by atoms with Crippen molar-refractivity contribution in [2.24, 2.45) is 0 Å². The van der Waals surface area contributed by atoms with Crippen LogP contribution in [0.15, 0.2) is 42.6 Å². The molecule has 0 aliphatic rings. The number of pyridine rings is 1. The first-order valence-corrected chi connectivity index (χ1v) is 6.59. The van der Waals surface area contributed by atoms with Gasteiger partial charge in [0.1, 0.15) is 0 Å². The average Bonchev–Trinajstić information content (AvgIpc) is 2.59. The molecule has 0 radical (unpaired) electrons. The minimum Gasteiger partial charge on any atom is -0.481 e. The molecule has 114 valence electrons. The van der Waals surface area contributed by atoms with Crippen LogP contribution in [-0.2, 0) is 11.3 Å². The monoisotopic (exact) mass is 300 g/mol. The molecule has 0 spiro atoms. The van der Waals surface area contributed by atoms with Gasteiger partial charge in [-0.15, -0.1) is 0 Å². The predicted octanol–water partition coefficient (Wildman–Crippen LogP) is 1.81. The van der Waals surface area contributed by atoms with Gasteiger partial charge in [-0.2, -0.15) is 0 Å². The Bertz CT molecular complexity index is 651. The number of carbonyl (C=O) groups is 2. The van der Waals surface area contributed by atoms with E-state index < -0.39 is 0 Å². The highest BCUT2D eigenvalue weighted by molar-refractivity contribution is 5.93. The number of methoxy groups -OCH3 is 2. The molecule has 0 saturated heterocycles. The topological polar surface area (TPSA) is 77.5 Å². The maximum atomic E-state index is 12.0. The van der Waals surface area contributed by atoms with Crippen molar-refractivity contribution in [3.8, 4) is 5.88 Å². The molecule has 1 amide bonds. The zero-order chi connectivity index (χ0) is 15.9. The van der Waals surface area contributed by atoms with Crippen molar-refractivity contribution in [3.05, 3.63) is 59.3 Å². The molecule has 6 nitrogen and oxygen atoms in total. The van der Waals surface area contributed by atoms with Gasteiger partial charge in [-0.3, -0.25) is 4.79 Å². The Labute approximate surface area is 128 Å². The van der Waals surface area contributed by atoms with Crippen LogP contribution in [0.1, 0.15) is 26.3 Å². The Kier molecular flexibility index (Phi) is 5.08. The van der Waals surface area contributed by atoms with Gasteiger partial charge >= 0.3 is 5.97 Å². The summed E-state index contributed by atoms with van der Waals surface area (Å²) in [4.78, 5) is 27.3. The SMILES string of the molecule is COC(=O)c1ccc(CNC(=O)c2ccc(OC)nc2)cc1. The third-order valence-electron chi connectivity index (χ3n) is 3.04. The van der Waals surface area contributed by atoms with Crippen molar-refractivity contribution in [2.45, 2.75) is 6.54 Å². The summed E-state index contributed by atoms with van der Waals surface area (Å²) in [5, 5.41) is 2.78. The van der Waals surface area contributed by atoms with Crippen molar-refractivity contribution >= 4 is 11.9 Å². The van der Waals surface area contributed by atoms with Gasteiger partial charge in [0.2, 0.25) is 5.88 Å². The van der Waals surface area contributed by atoms with E-state index in [1.165, 1.54) is 20.4 Å². The Morgan fingerprint density at radius 1 is 1.05 bits per heavy atom. The number of esters is 1. The molecule has 6 heteroatoms. The Morgan fingerprint density at radius 3 is 2.27 bits per heavy atom. The number of carbonyl (C=O) groups excluding carboxylic acids is 2. The van der Waals surface area contributed by atoms with Crippen molar-refractivity contribution < 1.29 is 19.1 Å². The Hall–Kier alpha value is -2.89. The summed E-state index contributed by atoms with van der Waals surface area (Å²) in [5.74, 6) is -0.165. The fourth-order valence-corrected chi connectivity index (χ4v) is 1.80. The van der Waals surface area contributed by atoms with Crippen LogP contribution in [0.5, 0.6) is 5.88 Å². The molecular weight excluding hydrogens is 284 g/mol. The maximum Gasteiger partial charge on any atom is 0.337 e. The van der Waals surface area contributed by atoms with Gasteiger partial charge in [0.25, 0.3) is 5.91 Å². The fourth-order valence-electron chi connectivity index (χ4n) is 1.80. The number of nitrogens with one attached hydrogen (secondary N) is 1. The van der Waals surface area contributed by atoms with E-state index >= 15 is 0 Å². The van der Waals surface area contributed by atoms with E-state index in [9.17, 15) is 9.59 Å². The molecule has 0 aliphatic carbocycles. The molecule has 1 heterocycles. The predicted molar refractivity (Wildman–Crippen MR) is 79.7 cm³/mol. The smallest absolute Gasteiger partial charge is 0.337 e. The molecule has 0 bridgehead atoms. The molecule has 1 aromatic carbocycles. The molecule has 1 aromatic heterocycles. The zero-order valence-electron chi connectivity index (χ0n) is 12.3. The summed E-state index contributed by atoms with van der Waals surface area (Å²) in [7, 11) is 2.85. The van der Waals surface area contributed by atoms with E-state index in [2.05, 4.69) is 15.0 Å². The molecule has 2 rings (SSSR count). The van der Waals surface area contributed by atoms with E-state index in [0.29, 0.717) is 23.6 Å². The van der Waals surface area contributed by atoms with Crippen molar-refractivity contribution in [1.29, 1.82) is 0 Å². The van der Waals surface area contributed by atoms with Gasteiger partial charge in [-0.25, -0.2) is 9.78 Å². The number of amides is 1. The van der Waals surface area contributed by atoms with E-state index in [4.69, 9.17) is 4.74 Å². The second-order valence-electron chi connectivity index (χ2n) is 4.46. The van der Waals surface area contributed by atoms with Gasteiger partial charge in [-0.1, -0.05) is 12.1 Å². The first kappa shape index (κ1) is 15.5. The second kappa shape index (κ2) is 7.21. The quantitative estimate of drug-likeness (QED) is 0.852. The van der Waals surface area contributed by atoms with Gasteiger partial charge in [0.05, 0.1) is 25.3 Å².